The predicted molar refractivity (Wildman–Crippen MR) is 108 cm³/mol. The molecule has 0 aliphatic carbocycles. The van der Waals surface area contributed by atoms with Crippen molar-refractivity contribution in [2.24, 2.45) is 5.92 Å². The number of carbonyl (C=O) groups excluding carboxylic acids is 1. The summed E-state index contributed by atoms with van der Waals surface area (Å²) in [6, 6.07) is 6.49. The standard InChI is InChI=1S/C20H29N7O2/c1-20(2)10-15-4-3-5-16(18(15)29-20)12-26-8-6-14(7-9-26)11-22-17(28)13-27-19(21)23-24-25-27/h3-5,14H,6-13H2,1-2H3,(H,22,28)(H2,21,23,25). The molecule has 2 aromatic rings. The lowest BCUT2D eigenvalue weighted by Gasteiger charge is -2.32. The number of aromatic nitrogens is 4. The highest BCUT2D eigenvalue weighted by Gasteiger charge is 2.32. The van der Waals surface area contributed by atoms with Crippen molar-refractivity contribution in [3.05, 3.63) is 29.3 Å². The molecule has 0 saturated carbocycles. The number of para-hydroxylation sites is 1. The van der Waals surface area contributed by atoms with Gasteiger partial charge in [-0.2, -0.15) is 0 Å². The van der Waals surface area contributed by atoms with Gasteiger partial charge in [0, 0.05) is 25.1 Å². The predicted octanol–water partition coefficient (Wildman–Crippen LogP) is 0.997. The second kappa shape index (κ2) is 7.98. The van der Waals surface area contributed by atoms with E-state index in [0.717, 1.165) is 44.6 Å². The van der Waals surface area contributed by atoms with E-state index in [4.69, 9.17) is 10.5 Å². The van der Waals surface area contributed by atoms with Crippen LogP contribution in [0.2, 0.25) is 0 Å². The SMILES string of the molecule is CC1(C)Cc2cccc(CN3CCC(CNC(=O)Cn4nnnc4N)CC3)c2O1. The zero-order valence-electron chi connectivity index (χ0n) is 17.1. The summed E-state index contributed by atoms with van der Waals surface area (Å²) in [5.74, 6) is 1.59. The Morgan fingerprint density at radius 3 is 2.86 bits per heavy atom. The summed E-state index contributed by atoms with van der Waals surface area (Å²) in [6.07, 6.45) is 3.09. The molecule has 1 saturated heterocycles. The Kier molecular flexibility index (Phi) is 5.40. The maximum absolute atomic E-state index is 12.1. The van der Waals surface area contributed by atoms with Crippen LogP contribution >= 0.6 is 0 Å². The minimum atomic E-state index is -0.119. The van der Waals surface area contributed by atoms with Crippen LogP contribution in [0.25, 0.3) is 0 Å². The van der Waals surface area contributed by atoms with Crippen LogP contribution in [0.15, 0.2) is 18.2 Å². The number of nitrogens with zero attached hydrogens (tertiary/aromatic N) is 5. The molecule has 3 N–H and O–H groups in total. The molecular formula is C20H29N7O2. The third-order valence-corrected chi connectivity index (χ3v) is 5.71. The van der Waals surface area contributed by atoms with Crippen LogP contribution in [0.4, 0.5) is 5.95 Å². The molecule has 1 aromatic heterocycles. The Hall–Kier alpha value is -2.68. The first-order valence-corrected chi connectivity index (χ1v) is 10.2. The van der Waals surface area contributed by atoms with Gasteiger partial charge in [-0.05, 0) is 61.7 Å². The first kappa shape index (κ1) is 19.6. The van der Waals surface area contributed by atoms with Gasteiger partial charge in [-0.25, -0.2) is 4.68 Å². The minimum Gasteiger partial charge on any atom is -0.487 e. The first-order valence-electron chi connectivity index (χ1n) is 10.2. The second-order valence-corrected chi connectivity index (χ2v) is 8.66. The number of ether oxygens (including phenoxy) is 1. The molecule has 0 radical (unpaired) electrons. The molecule has 29 heavy (non-hydrogen) atoms. The zero-order valence-corrected chi connectivity index (χ0v) is 17.1. The fourth-order valence-corrected chi connectivity index (χ4v) is 4.17. The summed E-state index contributed by atoms with van der Waals surface area (Å²) in [4.78, 5) is 14.5. The number of fused-ring (bicyclic) bond motifs is 1. The molecule has 4 rings (SSSR count). The van der Waals surface area contributed by atoms with Gasteiger partial charge >= 0.3 is 0 Å². The molecule has 2 aliphatic rings. The highest BCUT2D eigenvalue weighted by molar-refractivity contribution is 5.75. The summed E-state index contributed by atoms with van der Waals surface area (Å²) in [5, 5.41) is 13.7. The van der Waals surface area contributed by atoms with Crippen LogP contribution < -0.4 is 15.8 Å². The fourth-order valence-electron chi connectivity index (χ4n) is 4.17. The number of hydrogen-bond donors (Lipinski definition) is 2. The van der Waals surface area contributed by atoms with Crippen molar-refractivity contribution in [2.45, 2.75) is 51.8 Å². The second-order valence-electron chi connectivity index (χ2n) is 8.66. The average Bonchev–Trinajstić information content (AvgIpc) is 3.23. The number of amides is 1. The summed E-state index contributed by atoms with van der Waals surface area (Å²) >= 11 is 0. The summed E-state index contributed by atoms with van der Waals surface area (Å²) in [6.45, 7) is 7.96. The van der Waals surface area contributed by atoms with Crippen LogP contribution in [0.5, 0.6) is 5.75 Å². The van der Waals surface area contributed by atoms with E-state index >= 15 is 0 Å². The van der Waals surface area contributed by atoms with E-state index in [0.29, 0.717) is 12.5 Å². The smallest absolute Gasteiger partial charge is 0.241 e. The lowest BCUT2D eigenvalue weighted by atomic mass is 9.96. The Balaban J connectivity index is 1.23. The molecule has 0 spiro atoms. The van der Waals surface area contributed by atoms with Gasteiger partial charge < -0.3 is 15.8 Å². The molecule has 156 valence electrons. The van der Waals surface area contributed by atoms with Gasteiger partial charge in [0.2, 0.25) is 11.9 Å². The molecule has 1 aromatic carbocycles. The van der Waals surface area contributed by atoms with Crippen molar-refractivity contribution in [3.63, 3.8) is 0 Å². The number of tetrazole rings is 1. The van der Waals surface area contributed by atoms with Gasteiger partial charge in [0.05, 0.1) is 0 Å². The van der Waals surface area contributed by atoms with E-state index in [9.17, 15) is 4.79 Å². The van der Waals surface area contributed by atoms with Crippen LogP contribution in [0.1, 0.15) is 37.8 Å². The topological polar surface area (TPSA) is 111 Å². The van der Waals surface area contributed by atoms with E-state index in [2.05, 4.69) is 57.8 Å². The van der Waals surface area contributed by atoms with Crippen molar-refractivity contribution in [1.82, 2.24) is 30.4 Å². The van der Waals surface area contributed by atoms with E-state index in [1.807, 2.05) is 0 Å². The Morgan fingerprint density at radius 2 is 2.14 bits per heavy atom. The molecule has 2 aliphatic heterocycles. The number of nitrogen functional groups attached to an aromatic ring is 1. The summed E-state index contributed by atoms with van der Waals surface area (Å²) < 4.78 is 7.50. The van der Waals surface area contributed by atoms with Crippen molar-refractivity contribution >= 4 is 11.9 Å². The molecule has 3 heterocycles. The van der Waals surface area contributed by atoms with E-state index in [-0.39, 0.29) is 24.0 Å². The Morgan fingerprint density at radius 1 is 1.34 bits per heavy atom. The molecule has 1 amide bonds. The Bertz CT molecular complexity index is 871. The monoisotopic (exact) mass is 399 g/mol. The number of rotatable bonds is 6. The number of hydrogen-bond acceptors (Lipinski definition) is 7. The maximum atomic E-state index is 12.1. The molecular weight excluding hydrogens is 370 g/mol. The quantitative estimate of drug-likeness (QED) is 0.745. The van der Waals surface area contributed by atoms with Crippen LogP contribution in [0, 0.1) is 5.92 Å². The third kappa shape index (κ3) is 4.67. The van der Waals surface area contributed by atoms with Crippen LogP contribution in [-0.2, 0) is 24.3 Å². The summed E-state index contributed by atoms with van der Waals surface area (Å²) in [5.41, 5.74) is 8.06. The van der Waals surface area contributed by atoms with Crippen LogP contribution in [-0.4, -0.2) is 56.2 Å². The van der Waals surface area contributed by atoms with Gasteiger partial charge in [-0.3, -0.25) is 9.69 Å². The fraction of sp³-hybridized carbons (Fsp3) is 0.600. The largest absolute Gasteiger partial charge is 0.487 e. The first-order chi connectivity index (χ1) is 13.9. The number of likely N-dealkylation sites (tertiary alicyclic amines) is 1. The summed E-state index contributed by atoms with van der Waals surface area (Å²) in [7, 11) is 0. The highest BCUT2D eigenvalue weighted by Crippen LogP contribution is 2.38. The highest BCUT2D eigenvalue weighted by atomic mass is 16.5. The molecule has 9 heteroatoms. The van der Waals surface area contributed by atoms with E-state index < -0.39 is 0 Å². The molecule has 9 nitrogen and oxygen atoms in total. The van der Waals surface area contributed by atoms with Crippen molar-refractivity contribution < 1.29 is 9.53 Å². The number of piperidine rings is 1. The van der Waals surface area contributed by atoms with Gasteiger partial charge in [0.1, 0.15) is 17.9 Å². The minimum absolute atomic E-state index is 0.0488. The van der Waals surface area contributed by atoms with Gasteiger partial charge in [0.25, 0.3) is 0 Å². The van der Waals surface area contributed by atoms with Gasteiger partial charge in [-0.15, -0.1) is 0 Å². The van der Waals surface area contributed by atoms with Gasteiger partial charge in [0.15, 0.2) is 0 Å². The van der Waals surface area contributed by atoms with E-state index in [1.54, 1.807) is 0 Å². The molecule has 0 atom stereocenters. The van der Waals surface area contributed by atoms with Crippen LogP contribution in [0.3, 0.4) is 0 Å². The third-order valence-electron chi connectivity index (χ3n) is 5.71. The van der Waals surface area contributed by atoms with Crippen molar-refractivity contribution in [3.8, 4) is 5.75 Å². The molecule has 0 unspecified atom stereocenters. The van der Waals surface area contributed by atoms with Crippen molar-refractivity contribution in [2.75, 3.05) is 25.4 Å². The number of anilines is 1. The normalized spacial score (nSPS) is 19.0. The maximum Gasteiger partial charge on any atom is 0.241 e. The molecule has 0 bridgehead atoms. The Labute approximate surface area is 170 Å². The number of nitrogens with two attached hydrogens (primary N) is 1. The lowest BCUT2D eigenvalue weighted by molar-refractivity contribution is -0.122. The number of benzene rings is 1. The number of nitrogens with one attached hydrogen (secondary N) is 1. The molecule has 1 fully saturated rings. The number of carbonyl (C=O) groups is 1. The lowest BCUT2D eigenvalue weighted by Crippen LogP contribution is -2.39. The van der Waals surface area contributed by atoms with Crippen molar-refractivity contribution in [1.29, 1.82) is 0 Å². The van der Waals surface area contributed by atoms with Gasteiger partial charge in [-0.1, -0.05) is 23.3 Å². The zero-order chi connectivity index (χ0) is 20.4. The van der Waals surface area contributed by atoms with E-state index in [1.165, 1.54) is 15.8 Å². The average molecular weight is 399 g/mol.